The molecule has 0 spiro atoms. The first-order valence-corrected chi connectivity index (χ1v) is 7.21. The van der Waals surface area contributed by atoms with Crippen LogP contribution in [0.5, 0.6) is 0 Å². The molecule has 0 radical (unpaired) electrons. The van der Waals surface area contributed by atoms with E-state index in [0.717, 1.165) is 26.2 Å². The molecule has 2 heteroatoms. The Morgan fingerprint density at radius 1 is 0.800 bits per heavy atom. The highest BCUT2D eigenvalue weighted by molar-refractivity contribution is 5.71. The summed E-state index contributed by atoms with van der Waals surface area (Å²) in [5.41, 5.74) is 3.81. The Bertz CT molecular complexity index is 569. The Morgan fingerprint density at radius 3 is 2.30 bits per heavy atom. The van der Waals surface area contributed by atoms with E-state index in [0.29, 0.717) is 0 Å². The molecule has 0 bridgehead atoms. The maximum absolute atomic E-state index is 3.39. The molecule has 1 aliphatic rings. The minimum absolute atomic E-state index is 1.07. The lowest BCUT2D eigenvalue weighted by atomic mass is 10.1. The van der Waals surface area contributed by atoms with Crippen LogP contribution in [0, 0.1) is 0 Å². The number of nitrogens with one attached hydrogen (secondary N) is 1. The second-order valence-corrected chi connectivity index (χ2v) is 5.08. The molecule has 1 aliphatic heterocycles. The van der Waals surface area contributed by atoms with Crippen molar-refractivity contribution in [1.29, 1.82) is 0 Å². The smallest absolute Gasteiger partial charge is 0.0373 e. The first kappa shape index (κ1) is 12.9. The summed E-state index contributed by atoms with van der Waals surface area (Å²) < 4.78 is 0. The van der Waals surface area contributed by atoms with Crippen molar-refractivity contribution < 1.29 is 0 Å². The quantitative estimate of drug-likeness (QED) is 0.856. The van der Waals surface area contributed by atoms with Crippen molar-refractivity contribution in [3.05, 3.63) is 65.7 Å². The van der Waals surface area contributed by atoms with E-state index < -0.39 is 0 Å². The molecule has 0 amide bonds. The van der Waals surface area contributed by atoms with Crippen LogP contribution in [0.25, 0.3) is 12.2 Å². The van der Waals surface area contributed by atoms with Crippen molar-refractivity contribution in [2.75, 3.05) is 31.1 Å². The van der Waals surface area contributed by atoms with E-state index in [1.807, 2.05) is 6.07 Å². The summed E-state index contributed by atoms with van der Waals surface area (Å²) in [7, 11) is 0. The zero-order valence-corrected chi connectivity index (χ0v) is 11.6. The highest BCUT2D eigenvalue weighted by Crippen LogP contribution is 2.18. The van der Waals surface area contributed by atoms with Crippen LogP contribution >= 0.6 is 0 Å². The van der Waals surface area contributed by atoms with E-state index in [1.54, 1.807) is 0 Å². The van der Waals surface area contributed by atoms with Gasteiger partial charge >= 0.3 is 0 Å². The van der Waals surface area contributed by atoms with Gasteiger partial charge < -0.3 is 10.2 Å². The molecule has 1 heterocycles. The summed E-state index contributed by atoms with van der Waals surface area (Å²) in [6.45, 7) is 4.33. The van der Waals surface area contributed by atoms with E-state index in [1.165, 1.54) is 16.8 Å². The molecule has 2 aromatic carbocycles. The van der Waals surface area contributed by atoms with Gasteiger partial charge in [0.1, 0.15) is 0 Å². The van der Waals surface area contributed by atoms with Gasteiger partial charge in [0, 0.05) is 31.9 Å². The molecule has 0 aliphatic carbocycles. The van der Waals surface area contributed by atoms with Crippen molar-refractivity contribution in [3.63, 3.8) is 0 Å². The fourth-order valence-electron chi connectivity index (χ4n) is 2.50. The fourth-order valence-corrected chi connectivity index (χ4v) is 2.50. The van der Waals surface area contributed by atoms with Gasteiger partial charge in [-0.25, -0.2) is 0 Å². The van der Waals surface area contributed by atoms with Crippen molar-refractivity contribution in [3.8, 4) is 0 Å². The number of hydrogen-bond donors (Lipinski definition) is 1. The maximum atomic E-state index is 3.39. The Balaban J connectivity index is 1.75. The monoisotopic (exact) mass is 264 g/mol. The summed E-state index contributed by atoms with van der Waals surface area (Å²) in [6, 6.07) is 19.2. The SMILES string of the molecule is C(=Cc1cccc(N2CCNCC2)c1)c1ccccc1. The van der Waals surface area contributed by atoms with Gasteiger partial charge in [-0.15, -0.1) is 0 Å². The molecular formula is C18H20N2. The van der Waals surface area contributed by atoms with Crippen LogP contribution in [0.15, 0.2) is 54.6 Å². The lowest BCUT2D eigenvalue weighted by Crippen LogP contribution is -2.43. The van der Waals surface area contributed by atoms with Gasteiger partial charge in [-0.3, -0.25) is 0 Å². The molecular weight excluding hydrogens is 244 g/mol. The molecule has 0 atom stereocenters. The van der Waals surface area contributed by atoms with Crippen LogP contribution in [0.3, 0.4) is 0 Å². The predicted molar refractivity (Wildman–Crippen MR) is 86.9 cm³/mol. The lowest BCUT2D eigenvalue weighted by molar-refractivity contribution is 0.589. The second-order valence-electron chi connectivity index (χ2n) is 5.08. The number of hydrogen-bond acceptors (Lipinski definition) is 2. The number of rotatable bonds is 3. The minimum Gasteiger partial charge on any atom is -0.369 e. The summed E-state index contributed by atoms with van der Waals surface area (Å²) in [5.74, 6) is 0. The summed E-state index contributed by atoms with van der Waals surface area (Å²) >= 11 is 0. The van der Waals surface area contributed by atoms with Gasteiger partial charge in [0.15, 0.2) is 0 Å². The number of benzene rings is 2. The fraction of sp³-hybridized carbons (Fsp3) is 0.222. The maximum Gasteiger partial charge on any atom is 0.0373 e. The third-order valence-corrected chi connectivity index (χ3v) is 3.62. The van der Waals surface area contributed by atoms with Gasteiger partial charge in [0.2, 0.25) is 0 Å². The van der Waals surface area contributed by atoms with Crippen LogP contribution in [-0.2, 0) is 0 Å². The van der Waals surface area contributed by atoms with Gasteiger partial charge in [-0.05, 0) is 23.3 Å². The third-order valence-electron chi connectivity index (χ3n) is 3.62. The Kier molecular flexibility index (Phi) is 4.14. The molecule has 102 valence electrons. The van der Waals surface area contributed by atoms with Crippen LogP contribution < -0.4 is 10.2 Å². The van der Waals surface area contributed by atoms with E-state index in [2.05, 4.69) is 70.9 Å². The Morgan fingerprint density at radius 2 is 1.50 bits per heavy atom. The Labute approximate surface area is 120 Å². The summed E-state index contributed by atoms with van der Waals surface area (Å²) in [5, 5.41) is 3.39. The lowest BCUT2D eigenvalue weighted by Gasteiger charge is -2.29. The number of nitrogens with zero attached hydrogens (tertiary/aromatic N) is 1. The molecule has 20 heavy (non-hydrogen) atoms. The van der Waals surface area contributed by atoms with Crippen molar-refractivity contribution in [2.45, 2.75) is 0 Å². The van der Waals surface area contributed by atoms with Crippen molar-refractivity contribution in [1.82, 2.24) is 5.32 Å². The molecule has 1 saturated heterocycles. The van der Waals surface area contributed by atoms with Gasteiger partial charge in [-0.1, -0.05) is 54.6 Å². The number of anilines is 1. The zero-order valence-electron chi connectivity index (χ0n) is 11.6. The molecule has 2 nitrogen and oxygen atoms in total. The van der Waals surface area contributed by atoms with Crippen LogP contribution in [0.4, 0.5) is 5.69 Å². The topological polar surface area (TPSA) is 15.3 Å². The molecule has 2 aromatic rings. The minimum atomic E-state index is 1.07. The van der Waals surface area contributed by atoms with Crippen LogP contribution in [0.2, 0.25) is 0 Å². The van der Waals surface area contributed by atoms with E-state index in [-0.39, 0.29) is 0 Å². The largest absolute Gasteiger partial charge is 0.369 e. The van der Waals surface area contributed by atoms with E-state index in [4.69, 9.17) is 0 Å². The van der Waals surface area contributed by atoms with Crippen LogP contribution in [-0.4, -0.2) is 26.2 Å². The predicted octanol–water partition coefficient (Wildman–Crippen LogP) is 3.27. The second kappa shape index (κ2) is 6.40. The highest BCUT2D eigenvalue weighted by atomic mass is 15.2. The first-order valence-electron chi connectivity index (χ1n) is 7.21. The van der Waals surface area contributed by atoms with Gasteiger partial charge in [0.05, 0.1) is 0 Å². The number of piperazine rings is 1. The molecule has 0 saturated carbocycles. The average molecular weight is 264 g/mol. The Hall–Kier alpha value is -2.06. The standard InChI is InChI=1S/C18H20N2/c1-2-5-16(6-3-1)9-10-17-7-4-8-18(15-17)20-13-11-19-12-14-20/h1-10,15,19H,11-14H2. The van der Waals surface area contributed by atoms with E-state index >= 15 is 0 Å². The van der Waals surface area contributed by atoms with E-state index in [9.17, 15) is 0 Å². The molecule has 1 fully saturated rings. The first-order chi connectivity index (χ1) is 9.92. The molecule has 0 unspecified atom stereocenters. The molecule has 0 aromatic heterocycles. The highest BCUT2D eigenvalue weighted by Gasteiger charge is 2.09. The van der Waals surface area contributed by atoms with Crippen LogP contribution in [0.1, 0.15) is 11.1 Å². The molecule has 3 rings (SSSR count). The third kappa shape index (κ3) is 3.28. The van der Waals surface area contributed by atoms with Gasteiger partial charge in [-0.2, -0.15) is 0 Å². The average Bonchev–Trinajstić information content (AvgIpc) is 2.55. The molecule has 1 N–H and O–H groups in total. The van der Waals surface area contributed by atoms with Crippen molar-refractivity contribution in [2.24, 2.45) is 0 Å². The van der Waals surface area contributed by atoms with Gasteiger partial charge in [0.25, 0.3) is 0 Å². The zero-order chi connectivity index (χ0) is 13.6. The normalized spacial score (nSPS) is 15.7. The summed E-state index contributed by atoms with van der Waals surface area (Å²) in [4.78, 5) is 2.44. The summed E-state index contributed by atoms with van der Waals surface area (Å²) in [6.07, 6.45) is 4.35. The van der Waals surface area contributed by atoms with Crippen molar-refractivity contribution >= 4 is 17.8 Å².